The van der Waals surface area contributed by atoms with Gasteiger partial charge in [0.1, 0.15) is 0 Å². The molecule has 90 valence electrons. The highest BCUT2D eigenvalue weighted by Gasteiger charge is 2.33. The van der Waals surface area contributed by atoms with Gasteiger partial charge in [-0.2, -0.15) is 0 Å². The van der Waals surface area contributed by atoms with E-state index in [4.69, 9.17) is 0 Å². The van der Waals surface area contributed by atoms with Crippen LogP contribution in [0.1, 0.15) is 43.2 Å². The van der Waals surface area contributed by atoms with E-state index >= 15 is 0 Å². The highest BCUT2D eigenvalue weighted by Crippen LogP contribution is 2.38. The molecular weight excluding hydrogens is 210 g/mol. The Morgan fingerprint density at radius 2 is 2.12 bits per heavy atom. The molecule has 0 N–H and O–H groups in total. The topological polar surface area (TPSA) is 20.3 Å². The first kappa shape index (κ1) is 10.8. The van der Waals surface area contributed by atoms with E-state index < -0.39 is 0 Å². The number of hydrogen-bond acceptors (Lipinski definition) is 1. The quantitative estimate of drug-likeness (QED) is 0.670. The Morgan fingerprint density at radius 1 is 1.29 bits per heavy atom. The summed E-state index contributed by atoms with van der Waals surface area (Å²) >= 11 is 0. The van der Waals surface area contributed by atoms with Crippen LogP contribution in [-0.4, -0.2) is 23.4 Å². The summed E-state index contributed by atoms with van der Waals surface area (Å²) < 4.78 is 0. The van der Waals surface area contributed by atoms with Gasteiger partial charge in [-0.05, 0) is 42.7 Å². The Labute approximate surface area is 103 Å². The van der Waals surface area contributed by atoms with E-state index in [1.54, 1.807) is 12.5 Å². The molecule has 1 aromatic rings. The number of nitrogens with zero attached hydrogens (tertiary/aromatic N) is 1. The molecule has 2 unspecified atom stereocenters. The van der Waals surface area contributed by atoms with Crippen molar-refractivity contribution in [2.45, 2.75) is 44.6 Å². The molecule has 2 aliphatic rings. The molecule has 17 heavy (non-hydrogen) atoms. The van der Waals surface area contributed by atoms with Gasteiger partial charge in [0, 0.05) is 19.5 Å². The maximum Gasteiger partial charge on any atom is 0.219 e. The monoisotopic (exact) mass is 229 g/mol. The molecule has 1 aliphatic carbocycles. The SMILES string of the molecule is CC(=O)N1CCC2CC1CCc1ccccc12. The van der Waals surface area contributed by atoms with Crippen LogP contribution in [0.2, 0.25) is 0 Å². The van der Waals surface area contributed by atoms with Crippen LogP contribution in [0.15, 0.2) is 24.3 Å². The molecule has 1 saturated heterocycles. The summed E-state index contributed by atoms with van der Waals surface area (Å²) in [6.45, 7) is 2.65. The Hall–Kier alpha value is -1.31. The molecule has 2 atom stereocenters. The predicted octanol–water partition coefficient (Wildman–Crippen LogP) is 2.73. The van der Waals surface area contributed by atoms with Crippen LogP contribution in [0.3, 0.4) is 0 Å². The molecule has 2 heteroatoms. The standard InChI is InChI=1S/C15H19NO/c1-11(17)16-9-8-13-10-14(16)7-6-12-4-2-3-5-15(12)13/h2-5,13-14H,6-10H2,1H3. The highest BCUT2D eigenvalue weighted by molar-refractivity contribution is 5.73. The number of hydrogen-bond donors (Lipinski definition) is 0. The average molecular weight is 229 g/mol. The van der Waals surface area contributed by atoms with Crippen LogP contribution in [0.5, 0.6) is 0 Å². The summed E-state index contributed by atoms with van der Waals surface area (Å²) in [4.78, 5) is 13.7. The summed E-state index contributed by atoms with van der Waals surface area (Å²) in [7, 11) is 0. The van der Waals surface area contributed by atoms with Crippen molar-refractivity contribution in [1.29, 1.82) is 0 Å². The molecule has 0 radical (unpaired) electrons. The number of fused-ring (bicyclic) bond motifs is 4. The second-order valence-corrected chi connectivity index (χ2v) is 5.33. The third-order valence-corrected chi connectivity index (χ3v) is 4.36. The van der Waals surface area contributed by atoms with Crippen LogP contribution in [0.25, 0.3) is 0 Å². The molecule has 1 fully saturated rings. The Bertz CT molecular complexity index is 440. The molecule has 1 aromatic carbocycles. The van der Waals surface area contributed by atoms with E-state index in [1.807, 2.05) is 0 Å². The third kappa shape index (κ3) is 1.86. The van der Waals surface area contributed by atoms with Crippen molar-refractivity contribution < 1.29 is 4.79 Å². The van der Waals surface area contributed by atoms with Gasteiger partial charge in [0.15, 0.2) is 0 Å². The van der Waals surface area contributed by atoms with Gasteiger partial charge in [0.2, 0.25) is 5.91 Å². The second kappa shape index (κ2) is 4.17. The van der Waals surface area contributed by atoms with E-state index in [0.29, 0.717) is 12.0 Å². The van der Waals surface area contributed by atoms with Gasteiger partial charge in [0.05, 0.1) is 0 Å². The first-order valence-electron chi connectivity index (χ1n) is 6.60. The molecule has 1 heterocycles. The third-order valence-electron chi connectivity index (χ3n) is 4.36. The van der Waals surface area contributed by atoms with E-state index in [1.165, 1.54) is 5.56 Å². The van der Waals surface area contributed by atoms with Gasteiger partial charge < -0.3 is 4.90 Å². The van der Waals surface area contributed by atoms with Gasteiger partial charge in [-0.3, -0.25) is 4.79 Å². The van der Waals surface area contributed by atoms with Crippen molar-refractivity contribution in [3.05, 3.63) is 35.4 Å². The molecule has 1 aliphatic heterocycles. The lowest BCUT2D eigenvalue weighted by Crippen LogP contribution is -2.44. The number of rotatable bonds is 0. The van der Waals surface area contributed by atoms with Gasteiger partial charge in [0.25, 0.3) is 0 Å². The van der Waals surface area contributed by atoms with Crippen molar-refractivity contribution in [2.24, 2.45) is 0 Å². The van der Waals surface area contributed by atoms with E-state index in [2.05, 4.69) is 29.2 Å². The van der Waals surface area contributed by atoms with Gasteiger partial charge in [-0.25, -0.2) is 0 Å². The zero-order chi connectivity index (χ0) is 11.8. The maximum atomic E-state index is 11.6. The van der Waals surface area contributed by atoms with Crippen molar-refractivity contribution in [1.82, 2.24) is 4.90 Å². The van der Waals surface area contributed by atoms with E-state index in [0.717, 1.165) is 32.2 Å². The minimum absolute atomic E-state index is 0.249. The summed E-state index contributed by atoms with van der Waals surface area (Å²) in [5.74, 6) is 0.925. The largest absolute Gasteiger partial charge is 0.340 e. The minimum Gasteiger partial charge on any atom is -0.340 e. The molecule has 0 saturated carbocycles. The van der Waals surface area contributed by atoms with Gasteiger partial charge >= 0.3 is 0 Å². The number of carbonyl (C=O) groups excluding carboxylic acids is 1. The van der Waals surface area contributed by atoms with Crippen molar-refractivity contribution in [3.8, 4) is 0 Å². The van der Waals surface area contributed by atoms with Crippen LogP contribution < -0.4 is 0 Å². The summed E-state index contributed by atoms with van der Waals surface area (Å²) in [5, 5.41) is 0. The van der Waals surface area contributed by atoms with Crippen LogP contribution in [0, 0.1) is 0 Å². The maximum absolute atomic E-state index is 11.6. The summed E-state index contributed by atoms with van der Waals surface area (Å²) in [5.41, 5.74) is 3.05. The van der Waals surface area contributed by atoms with E-state index in [9.17, 15) is 4.79 Å². The molecular formula is C15H19NO. The molecule has 2 bridgehead atoms. The lowest BCUT2D eigenvalue weighted by atomic mass is 9.86. The Morgan fingerprint density at radius 3 is 2.94 bits per heavy atom. The Balaban J connectivity index is 1.91. The van der Waals surface area contributed by atoms with Crippen LogP contribution in [-0.2, 0) is 11.2 Å². The zero-order valence-electron chi connectivity index (χ0n) is 10.4. The summed E-state index contributed by atoms with van der Waals surface area (Å²) in [6.07, 6.45) is 4.55. The molecule has 0 aromatic heterocycles. The minimum atomic E-state index is 0.249. The van der Waals surface area contributed by atoms with Crippen LogP contribution >= 0.6 is 0 Å². The normalized spacial score (nSPS) is 27.2. The number of likely N-dealkylation sites (tertiary alicyclic amines) is 1. The molecule has 3 rings (SSSR count). The molecule has 2 nitrogen and oxygen atoms in total. The zero-order valence-corrected chi connectivity index (χ0v) is 10.4. The molecule has 0 spiro atoms. The first-order valence-corrected chi connectivity index (χ1v) is 6.60. The van der Waals surface area contributed by atoms with Crippen molar-refractivity contribution in [3.63, 3.8) is 0 Å². The van der Waals surface area contributed by atoms with Gasteiger partial charge in [-0.15, -0.1) is 0 Å². The number of benzene rings is 1. The van der Waals surface area contributed by atoms with Crippen LogP contribution in [0.4, 0.5) is 0 Å². The fourth-order valence-corrected chi connectivity index (χ4v) is 3.50. The number of carbonyl (C=O) groups is 1. The fraction of sp³-hybridized carbons (Fsp3) is 0.533. The number of piperidine rings is 1. The van der Waals surface area contributed by atoms with Gasteiger partial charge in [-0.1, -0.05) is 24.3 Å². The lowest BCUT2D eigenvalue weighted by Gasteiger charge is -2.37. The predicted molar refractivity (Wildman–Crippen MR) is 67.9 cm³/mol. The smallest absolute Gasteiger partial charge is 0.219 e. The number of aryl methyl sites for hydroxylation is 1. The van der Waals surface area contributed by atoms with Crippen molar-refractivity contribution in [2.75, 3.05) is 6.54 Å². The first-order chi connectivity index (χ1) is 8.25. The fourth-order valence-electron chi connectivity index (χ4n) is 3.50. The highest BCUT2D eigenvalue weighted by atomic mass is 16.2. The number of amides is 1. The molecule has 1 amide bonds. The lowest BCUT2D eigenvalue weighted by molar-refractivity contribution is -0.132. The van der Waals surface area contributed by atoms with Crippen molar-refractivity contribution >= 4 is 5.91 Å². The Kier molecular flexibility index (Phi) is 2.65. The average Bonchev–Trinajstić information content (AvgIpc) is 2.48. The summed E-state index contributed by atoms with van der Waals surface area (Å²) in [6, 6.07) is 9.30. The second-order valence-electron chi connectivity index (χ2n) is 5.33. The van der Waals surface area contributed by atoms with E-state index in [-0.39, 0.29) is 5.91 Å².